The standard InChI is InChI=1S/C21H31N3O4S/c1-28-13-10-22-20(26)18(23-19(25)16-5-2-3-6-16)15-8-11-24(12-9-15)21(27)17-7-4-14-29-17/h4,7,14-16,18H,2-3,5-6,8-13H2,1H3,(H,22,26)(H,23,25). The second kappa shape index (κ2) is 10.7. The van der Waals surface area contributed by atoms with Crippen LogP contribution in [-0.2, 0) is 14.3 Å². The lowest BCUT2D eigenvalue weighted by Gasteiger charge is -2.36. The van der Waals surface area contributed by atoms with Crippen LogP contribution in [0.5, 0.6) is 0 Å². The number of hydrogen-bond acceptors (Lipinski definition) is 5. The smallest absolute Gasteiger partial charge is 0.263 e. The Morgan fingerprint density at radius 1 is 1.21 bits per heavy atom. The molecule has 1 atom stereocenters. The Bertz CT molecular complexity index is 680. The normalized spacial score (nSPS) is 19.1. The van der Waals surface area contributed by atoms with Crippen LogP contribution in [0.4, 0.5) is 0 Å². The first-order chi connectivity index (χ1) is 14.1. The van der Waals surface area contributed by atoms with Gasteiger partial charge in [-0.1, -0.05) is 18.9 Å². The van der Waals surface area contributed by atoms with Crippen molar-refractivity contribution in [2.24, 2.45) is 11.8 Å². The van der Waals surface area contributed by atoms with Gasteiger partial charge in [-0.05, 0) is 43.0 Å². The maximum atomic E-state index is 12.8. The van der Waals surface area contributed by atoms with Crippen molar-refractivity contribution in [3.05, 3.63) is 22.4 Å². The summed E-state index contributed by atoms with van der Waals surface area (Å²) in [5, 5.41) is 7.81. The van der Waals surface area contributed by atoms with E-state index in [0.29, 0.717) is 39.1 Å². The number of carbonyl (C=O) groups is 3. The van der Waals surface area contributed by atoms with Crippen molar-refractivity contribution in [3.8, 4) is 0 Å². The average Bonchev–Trinajstić information content (AvgIpc) is 3.46. The van der Waals surface area contributed by atoms with Crippen LogP contribution in [0.25, 0.3) is 0 Å². The Kier molecular flexibility index (Phi) is 8.06. The summed E-state index contributed by atoms with van der Waals surface area (Å²) in [5.74, 6) is -0.0718. The van der Waals surface area contributed by atoms with Crippen LogP contribution < -0.4 is 10.6 Å². The first kappa shape index (κ1) is 21.8. The fourth-order valence-corrected chi connectivity index (χ4v) is 4.93. The first-order valence-electron chi connectivity index (χ1n) is 10.5. The number of nitrogens with zero attached hydrogens (tertiary/aromatic N) is 1. The third-order valence-corrected chi connectivity index (χ3v) is 6.80. The van der Waals surface area contributed by atoms with Crippen molar-refractivity contribution in [1.82, 2.24) is 15.5 Å². The molecule has 8 heteroatoms. The van der Waals surface area contributed by atoms with E-state index in [-0.39, 0.29) is 29.6 Å². The van der Waals surface area contributed by atoms with Gasteiger partial charge in [-0.2, -0.15) is 0 Å². The number of methoxy groups -OCH3 is 1. The van der Waals surface area contributed by atoms with Crippen molar-refractivity contribution in [2.45, 2.75) is 44.6 Å². The van der Waals surface area contributed by atoms with E-state index in [4.69, 9.17) is 4.74 Å². The van der Waals surface area contributed by atoms with Crippen LogP contribution in [-0.4, -0.2) is 62.0 Å². The first-order valence-corrected chi connectivity index (χ1v) is 11.4. The van der Waals surface area contributed by atoms with Crippen molar-refractivity contribution in [2.75, 3.05) is 33.4 Å². The summed E-state index contributed by atoms with van der Waals surface area (Å²) in [6, 6.07) is 3.16. The van der Waals surface area contributed by atoms with Gasteiger partial charge in [0.1, 0.15) is 6.04 Å². The molecule has 1 saturated heterocycles. The maximum absolute atomic E-state index is 12.8. The molecule has 160 valence electrons. The van der Waals surface area contributed by atoms with Gasteiger partial charge in [0.25, 0.3) is 5.91 Å². The molecule has 0 bridgehead atoms. The number of amides is 3. The molecular weight excluding hydrogens is 390 g/mol. The van der Waals surface area contributed by atoms with Crippen LogP contribution in [0.2, 0.25) is 0 Å². The van der Waals surface area contributed by atoms with E-state index in [1.165, 1.54) is 11.3 Å². The number of thiophene rings is 1. The summed E-state index contributed by atoms with van der Waals surface area (Å²) < 4.78 is 5.01. The van der Waals surface area contributed by atoms with Gasteiger partial charge >= 0.3 is 0 Å². The molecule has 7 nitrogen and oxygen atoms in total. The van der Waals surface area contributed by atoms with Crippen LogP contribution in [0.1, 0.15) is 48.2 Å². The highest BCUT2D eigenvalue weighted by Gasteiger charge is 2.35. The van der Waals surface area contributed by atoms with Crippen LogP contribution in [0.15, 0.2) is 17.5 Å². The molecule has 1 aliphatic carbocycles. The SMILES string of the molecule is COCCNC(=O)C(NC(=O)C1CCCC1)C1CCN(C(=O)c2cccs2)CC1. The molecule has 0 spiro atoms. The van der Waals surface area contributed by atoms with Gasteiger partial charge in [-0.3, -0.25) is 14.4 Å². The molecule has 0 aromatic carbocycles. The summed E-state index contributed by atoms with van der Waals surface area (Å²) >= 11 is 1.45. The molecule has 1 aromatic heterocycles. The highest BCUT2D eigenvalue weighted by atomic mass is 32.1. The fraction of sp³-hybridized carbons (Fsp3) is 0.667. The number of rotatable bonds is 8. The van der Waals surface area contributed by atoms with E-state index in [2.05, 4.69) is 10.6 Å². The molecule has 3 rings (SSSR count). The molecule has 1 saturated carbocycles. The Hall–Kier alpha value is -1.93. The molecule has 1 aromatic rings. The van der Waals surface area contributed by atoms with Gasteiger partial charge in [0, 0.05) is 32.7 Å². The Morgan fingerprint density at radius 3 is 2.55 bits per heavy atom. The zero-order valence-electron chi connectivity index (χ0n) is 17.0. The van der Waals surface area contributed by atoms with Gasteiger partial charge in [0.2, 0.25) is 11.8 Å². The van der Waals surface area contributed by atoms with Gasteiger partial charge in [-0.25, -0.2) is 0 Å². The van der Waals surface area contributed by atoms with Gasteiger partial charge < -0.3 is 20.3 Å². The average molecular weight is 422 g/mol. The molecule has 1 unspecified atom stereocenters. The van der Waals surface area contributed by atoms with Crippen molar-refractivity contribution in [3.63, 3.8) is 0 Å². The molecule has 2 N–H and O–H groups in total. The predicted molar refractivity (Wildman–Crippen MR) is 112 cm³/mol. The lowest BCUT2D eigenvalue weighted by atomic mass is 9.88. The summed E-state index contributed by atoms with van der Waals surface area (Å²) in [6.07, 6.45) is 5.35. The highest BCUT2D eigenvalue weighted by Crippen LogP contribution is 2.27. The molecular formula is C21H31N3O4S. The highest BCUT2D eigenvalue weighted by molar-refractivity contribution is 7.12. The van der Waals surface area contributed by atoms with E-state index < -0.39 is 6.04 Å². The molecule has 1 aliphatic heterocycles. The van der Waals surface area contributed by atoms with Crippen molar-refractivity contribution >= 4 is 29.1 Å². The van der Waals surface area contributed by atoms with Gasteiger partial charge in [0.15, 0.2) is 0 Å². The Morgan fingerprint density at radius 2 is 1.93 bits per heavy atom. The van der Waals surface area contributed by atoms with Crippen LogP contribution in [0.3, 0.4) is 0 Å². The van der Waals surface area contributed by atoms with E-state index in [1.54, 1.807) is 7.11 Å². The number of nitrogens with one attached hydrogen (secondary N) is 2. The quantitative estimate of drug-likeness (QED) is 0.629. The topological polar surface area (TPSA) is 87.7 Å². The van der Waals surface area contributed by atoms with Crippen LogP contribution in [0, 0.1) is 11.8 Å². The minimum atomic E-state index is -0.557. The molecule has 2 heterocycles. The number of carbonyl (C=O) groups excluding carboxylic acids is 3. The van der Waals surface area contributed by atoms with Crippen LogP contribution >= 0.6 is 11.3 Å². The fourth-order valence-electron chi connectivity index (χ4n) is 4.23. The van der Waals surface area contributed by atoms with Crippen molar-refractivity contribution < 1.29 is 19.1 Å². The zero-order valence-corrected chi connectivity index (χ0v) is 17.8. The number of likely N-dealkylation sites (tertiary alicyclic amines) is 1. The Balaban J connectivity index is 1.60. The summed E-state index contributed by atoms with van der Waals surface area (Å²) in [5.41, 5.74) is 0. The second-order valence-electron chi connectivity index (χ2n) is 7.86. The van der Waals surface area contributed by atoms with E-state index in [0.717, 1.165) is 30.6 Å². The second-order valence-corrected chi connectivity index (χ2v) is 8.81. The molecule has 3 amide bonds. The zero-order chi connectivity index (χ0) is 20.6. The lowest BCUT2D eigenvalue weighted by molar-refractivity contribution is -0.132. The maximum Gasteiger partial charge on any atom is 0.263 e. The monoisotopic (exact) mass is 421 g/mol. The van der Waals surface area contributed by atoms with E-state index in [9.17, 15) is 14.4 Å². The lowest BCUT2D eigenvalue weighted by Crippen LogP contribution is -2.55. The van der Waals surface area contributed by atoms with E-state index >= 15 is 0 Å². The summed E-state index contributed by atoms with van der Waals surface area (Å²) in [4.78, 5) is 40.7. The third kappa shape index (κ3) is 5.79. The third-order valence-electron chi connectivity index (χ3n) is 5.94. The number of hydrogen-bond donors (Lipinski definition) is 2. The summed E-state index contributed by atoms with van der Waals surface area (Å²) in [6.45, 7) is 2.05. The minimum Gasteiger partial charge on any atom is -0.383 e. The van der Waals surface area contributed by atoms with E-state index in [1.807, 2.05) is 22.4 Å². The predicted octanol–water partition coefficient (Wildman–Crippen LogP) is 2.04. The minimum absolute atomic E-state index is 0.00789. The molecule has 0 radical (unpaired) electrons. The Labute approximate surface area is 176 Å². The van der Waals surface area contributed by atoms with Gasteiger partial charge in [0.05, 0.1) is 11.5 Å². The number of piperidine rings is 1. The molecule has 2 aliphatic rings. The van der Waals surface area contributed by atoms with Gasteiger partial charge in [-0.15, -0.1) is 11.3 Å². The molecule has 2 fully saturated rings. The number of ether oxygens (including phenoxy) is 1. The summed E-state index contributed by atoms with van der Waals surface area (Å²) in [7, 11) is 1.59. The molecule has 29 heavy (non-hydrogen) atoms. The largest absolute Gasteiger partial charge is 0.383 e. The van der Waals surface area contributed by atoms with Crippen molar-refractivity contribution in [1.29, 1.82) is 0 Å².